The van der Waals surface area contributed by atoms with Gasteiger partial charge < -0.3 is 27.7 Å². The maximum Gasteiger partial charge on any atom is -0.160 e. The van der Waals surface area contributed by atoms with E-state index in [2.05, 4.69) is 44.8 Å². The Bertz CT molecular complexity index is 156. The van der Waals surface area contributed by atoms with Crippen LogP contribution in [0.1, 0.15) is 59.3 Å². The predicted octanol–water partition coefficient (Wildman–Crippen LogP) is 3.73. The van der Waals surface area contributed by atoms with E-state index in [4.69, 9.17) is 0 Å². The first-order valence-electron chi connectivity index (χ1n) is 7.35. The zero-order chi connectivity index (χ0) is 16.9. The molecule has 0 heterocycles. The summed E-state index contributed by atoms with van der Waals surface area (Å²) < 4.78 is 0. The second kappa shape index (κ2) is 29.8. The van der Waals surface area contributed by atoms with E-state index in [-0.39, 0.29) is 0 Å². The first-order chi connectivity index (χ1) is 9.24. The van der Waals surface area contributed by atoms with Crippen molar-refractivity contribution >= 4 is 29.7 Å². The molecule has 0 aliphatic heterocycles. The fraction of sp³-hybridized carbons (Fsp3) is 1.00. The Hall–Kier alpha value is 2.79. The van der Waals surface area contributed by atoms with Crippen molar-refractivity contribution in [2.45, 2.75) is 74.3 Å². The Balaban J connectivity index is -0.0000000853. The molecule has 0 radical (unpaired) electrons. The van der Waals surface area contributed by atoms with Crippen LogP contribution in [0.4, 0.5) is 0 Å². The average Bonchev–Trinajstić information content (AvgIpc) is 2.31. The normalized spacial score (nSPS) is 9.40. The van der Waals surface area contributed by atoms with Crippen LogP contribution in [0.3, 0.4) is 0 Å². The summed E-state index contributed by atoms with van der Waals surface area (Å²) in [6, 6.07) is 0. The van der Waals surface area contributed by atoms with Crippen LogP contribution < -0.4 is 9.79 Å². The molecule has 0 saturated heterocycles. The Morgan fingerprint density at radius 3 is 0.950 bits per heavy atom. The number of hydrogen-bond donors (Lipinski definition) is 0. The molecule has 0 fully saturated rings. The third kappa shape index (κ3) is 105. The van der Waals surface area contributed by atoms with Crippen molar-refractivity contribution in [3.8, 4) is 0 Å². The van der Waals surface area contributed by atoms with Gasteiger partial charge >= 0.3 is 129 Å². The maximum absolute atomic E-state index is 9.29. The van der Waals surface area contributed by atoms with Crippen LogP contribution in [-0.2, 0) is 79.0 Å². The molecule has 0 atom stereocenters. The maximum atomic E-state index is 9.29. The SMILES string of the molecule is CCC[CH2][Zn+].CCC[CH2][Zn+].CCC[CH2][Zn+].[O-]P([O-])(=S)[S-]. The van der Waals surface area contributed by atoms with Gasteiger partial charge in [0.1, 0.15) is 0 Å². The zero-order valence-electron chi connectivity index (χ0n) is 13.6. The van der Waals surface area contributed by atoms with Crippen molar-refractivity contribution in [2.75, 3.05) is 0 Å². The van der Waals surface area contributed by atoms with Crippen LogP contribution in [-0.4, -0.2) is 0 Å². The molecule has 0 saturated carbocycles. The molecule has 0 rings (SSSR count). The van der Waals surface area contributed by atoms with Gasteiger partial charge in [-0.3, -0.25) is 0 Å². The first-order valence-corrected chi connectivity index (χ1v) is 17.3. The van der Waals surface area contributed by atoms with E-state index in [0.29, 0.717) is 0 Å². The summed E-state index contributed by atoms with van der Waals surface area (Å²) in [7, 11) is 0. The monoisotopic (exact) mass is 490 g/mol. The molecule has 0 amide bonds. The van der Waals surface area contributed by atoms with Crippen molar-refractivity contribution in [3.05, 3.63) is 0 Å². The summed E-state index contributed by atoms with van der Waals surface area (Å²) in [5, 5.41) is 4.41. The zero-order valence-corrected chi connectivity index (χ0v) is 25.0. The van der Waals surface area contributed by atoms with E-state index in [9.17, 15) is 9.79 Å². The van der Waals surface area contributed by atoms with Gasteiger partial charge in [-0.1, -0.05) is 0 Å². The summed E-state index contributed by atoms with van der Waals surface area (Å²) in [6.45, 7) is 6.70. The van der Waals surface area contributed by atoms with Crippen molar-refractivity contribution in [3.63, 3.8) is 0 Å². The number of hydrogen-bond acceptors (Lipinski definition) is 4. The molecule has 0 bridgehead atoms. The third-order valence-electron chi connectivity index (χ3n) is 1.81. The van der Waals surface area contributed by atoms with E-state index in [0.717, 1.165) is 0 Å². The van der Waals surface area contributed by atoms with Crippen LogP contribution in [0, 0.1) is 0 Å². The molecule has 0 aromatic heterocycles. The Kier molecular flexibility index (Phi) is 45.6. The molecule has 8 heteroatoms. The quantitative estimate of drug-likeness (QED) is 0.321. The Morgan fingerprint density at radius 1 is 0.800 bits per heavy atom. The van der Waals surface area contributed by atoms with Gasteiger partial charge in [0.2, 0.25) is 0 Å². The smallest absolute Gasteiger partial charge is 0.160 e. The standard InChI is InChI=1S/3C4H9.H3O2PS2.3Zn/c3*1-3-4-2;1-3(2,4)5;;;/h3*1,3-4H2,2H3;(H3,1,2,4,5);;;/q;;;;3*+1/p-3. The van der Waals surface area contributed by atoms with Gasteiger partial charge in [-0.15, -0.1) is 0 Å². The van der Waals surface area contributed by atoms with E-state index >= 15 is 0 Å². The second-order valence-corrected chi connectivity index (χ2v) is 13.0. The van der Waals surface area contributed by atoms with Crippen LogP contribution in [0.2, 0.25) is 15.0 Å². The van der Waals surface area contributed by atoms with E-state index in [1.54, 1.807) is 0 Å². The van der Waals surface area contributed by atoms with Crippen LogP contribution in [0.5, 0.6) is 0 Å². The largest absolute Gasteiger partial charge is 0.850 e. The summed E-state index contributed by atoms with van der Waals surface area (Å²) in [4.78, 5) is 18.6. The molecule has 0 aromatic rings. The average molecular weight is 495 g/mol. The van der Waals surface area contributed by atoms with Gasteiger partial charge in [-0.05, 0) is 0 Å². The number of rotatable bonds is 6. The van der Waals surface area contributed by atoms with Gasteiger partial charge in [0.05, 0.1) is 0 Å². The molecular formula is C12H27O2PS2Zn3. The van der Waals surface area contributed by atoms with E-state index in [1.807, 2.05) is 0 Å². The molecule has 0 N–H and O–H groups in total. The molecule has 110 valence electrons. The third-order valence-corrected chi connectivity index (χ3v) is 4.96. The van der Waals surface area contributed by atoms with Crippen molar-refractivity contribution < 1.29 is 64.7 Å². The predicted molar refractivity (Wildman–Crippen MR) is 80.8 cm³/mol. The molecule has 2 nitrogen and oxygen atoms in total. The molecule has 0 aromatic carbocycles. The number of unbranched alkanes of at least 4 members (excludes halogenated alkanes) is 3. The van der Waals surface area contributed by atoms with Crippen molar-refractivity contribution in [2.24, 2.45) is 0 Å². The molecule has 20 heavy (non-hydrogen) atoms. The second-order valence-electron chi connectivity index (χ2n) is 4.07. The van der Waals surface area contributed by atoms with Gasteiger partial charge in [0, 0.05) is 0 Å². The van der Waals surface area contributed by atoms with Crippen molar-refractivity contribution in [1.82, 2.24) is 0 Å². The molecule has 0 aliphatic rings. The first kappa shape index (κ1) is 30.6. The van der Waals surface area contributed by atoms with Gasteiger partial charge in [-0.25, -0.2) is 0 Å². The fourth-order valence-corrected chi connectivity index (χ4v) is 3.90. The van der Waals surface area contributed by atoms with E-state index in [1.165, 1.54) is 108 Å². The van der Waals surface area contributed by atoms with Crippen LogP contribution in [0.15, 0.2) is 0 Å². The molecule has 0 unspecified atom stereocenters. The van der Waals surface area contributed by atoms with Crippen LogP contribution >= 0.6 is 5.69 Å². The van der Waals surface area contributed by atoms with Gasteiger partial charge in [-0.2, -0.15) is 11.8 Å². The fourth-order valence-electron chi connectivity index (χ4n) is 0.750. The Morgan fingerprint density at radius 2 is 0.950 bits per heavy atom. The minimum absolute atomic E-state index is 1.38. The summed E-state index contributed by atoms with van der Waals surface area (Å²) in [5.41, 5.74) is -3.72. The minimum Gasteiger partial charge on any atom is -0.850 e. The minimum atomic E-state index is -3.72. The molecule has 0 aliphatic carbocycles. The summed E-state index contributed by atoms with van der Waals surface area (Å²) >= 11 is 11.7. The Labute approximate surface area is 167 Å². The summed E-state index contributed by atoms with van der Waals surface area (Å²) in [6.07, 6.45) is 8.46. The van der Waals surface area contributed by atoms with E-state index < -0.39 is 5.69 Å². The van der Waals surface area contributed by atoms with Gasteiger partial charge in [0.15, 0.2) is 0 Å². The summed E-state index contributed by atoms with van der Waals surface area (Å²) in [5.74, 6) is 0. The molecule has 0 spiro atoms. The molecular weight excluding hydrogens is 467 g/mol. The topological polar surface area (TPSA) is 46.1 Å². The van der Waals surface area contributed by atoms with Gasteiger partial charge in [0.25, 0.3) is 0 Å². The van der Waals surface area contributed by atoms with Crippen molar-refractivity contribution in [1.29, 1.82) is 0 Å². The van der Waals surface area contributed by atoms with Crippen LogP contribution in [0.25, 0.3) is 0 Å².